The van der Waals surface area contributed by atoms with Crippen molar-refractivity contribution in [3.63, 3.8) is 0 Å². The van der Waals surface area contributed by atoms with Gasteiger partial charge in [-0.05, 0) is 36.4 Å². The first-order valence-electron chi connectivity index (χ1n) is 8.67. The fourth-order valence-electron chi connectivity index (χ4n) is 3.27. The van der Waals surface area contributed by atoms with Gasteiger partial charge in [-0.15, -0.1) is 11.3 Å². The summed E-state index contributed by atoms with van der Waals surface area (Å²) in [5.74, 6) is 0.645. The van der Waals surface area contributed by atoms with Crippen molar-refractivity contribution in [3.05, 3.63) is 82.3 Å². The largest absolute Gasteiger partial charge is 0.364 e. The second-order valence-corrected chi connectivity index (χ2v) is 7.30. The molecule has 0 unspecified atom stereocenters. The molecule has 1 N–H and O–H groups in total. The van der Waals surface area contributed by atoms with Crippen molar-refractivity contribution in [2.24, 2.45) is 0 Å². The Balaban J connectivity index is 1.75. The summed E-state index contributed by atoms with van der Waals surface area (Å²) < 4.78 is 2.90. The fourth-order valence-corrected chi connectivity index (χ4v) is 4.40. The predicted octanol–water partition coefficient (Wildman–Crippen LogP) is 3.94. The van der Waals surface area contributed by atoms with Crippen molar-refractivity contribution >= 4 is 43.2 Å². The molecule has 0 fully saturated rings. The monoisotopic (exact) mass is 383 g/mol. The number of hydrogen-bond donors (Lipinski definition) is 1. The molecule has 0 saturated carbocycles. The van der Waals surface area contributed by atoms with E-state index in [1.807, 2.05) is 46.9 Å². The van der Waals surface area contributed by atoms with Gasteiger partial charge in [0.05, 0.1) is 27.8 Å². The number of anilines is 1. The average molecular weight is 383 g/mol. The summed E-state index contributed by atoms with van der Waals surface area (Å²) in [7, 11) is 0. The third-order valence-electron chi connectivity index (χ3n) is 4.58. The van der Waals surface area contributed by atoms with E-state index < -0.39 is 0 Å². The maximum absolute atomic E-state index is 12.8. The lowest BCUT2D eigenvalue weighted by molar-refractivity contribution is 1.03. The lowest BCUT2D eigenvalue weighted by atomic mass is 10.2. The van der Waals surface area contributed by atoms with Crippen LogP contribution in [0.3, 0.4) is 0 Å². The molecule has 0 saturated heterocycles. The summed E-state index contributed by atoms with van der Waals surface area (Å²) >= 11 is 1.43. The fraction of sp³-hybridized carbons (Fsp3) is 0.0476. The van der Waals surface area contributed by atoms with Crippen molar-refractivity contribution in [1.82, 2.24) is 14.4 Å². The lowest BCUT2D eigenvalue weighted by Crippen LogP contribution is -2.12. The maximum atomic E-state index is 12.8. The molecule has 7 heteroatoms. The number of para-hydroxylation sites is 1. The van der Waals surface area contributed by atoms with Gasteiger partial charge in [-0.1, -0.05) is 18.2 Å². The van der Waals surface area contributed by atoms with Gasteiger partial charge < -0.3 is 5.32 Å². The standard InChI is InChI=1S/C21H13N5OS/c22-11-15-19(27)14-8-9-18(24-12-13-5-3-4-10-23-13)25-20(14)26-16-6-1-2-7-17(16)28-21(15)26/h1-10H,12H2,(H,24,25). The van der Waals surface area contributed by atoms with Gasteiger partial charge in [-0.3, -0.25) is 14.2 Å². The number of hydrogen-bond acceptors (Lipinski definition) is 6. The molecule has 0 radical (unpaired) electrons. The predicted molar refractivity (Wildman–Crippen MR) is 111 cm³/mol. The van der Waals surface area contributed by atoms with Gasteiger partial charge in [-0.2, -0.15) is 5.26 Å². The van der Waals surface area contributed by atoms with Crippen molar-refractivity contribution < 1.29 is 0 Å². The lowest BCUT2D eigenvalue weighted by Gasteiger charge is -2.08. The molecular weight excluding hydrogens is 370 g/mol. The molecule has 4 heterocycles. The molecule has 0 bridgehead atoms. The third kappa shape index (κ3) is 2.51. The summed E-state index contributed by atoms with van der Waals surface area (Å²) in [5.41, 5.74) is 2.24. The van der Waals surface area contributed by atoms with Crippen LogP contribution in [0.4, 0.5) is 5.82 Å². The number of rotatable bonds is 3. The van der Waals surface area contributed by atoms with Crippen LogP contribution in [0.1, 0.15) is 11.3 Å². The molecule has 0 aliphatic carbocycles. The zero-order chi connectivity index (χ0) is 19.1. The Hall–Kier alpha value is -3.76. The van der Waals surface area contributed by atoms with Crippen LogP contribution >= 0.6 is 11.3 Å². The summed E-state index contributed by atoms with van der Waals surface area (Å²) in [5, 5.41) is 13.3. The number of fused-ring (bicyclic) bond motifs is 5. The Morgan fingerprint density at radius 1 is 1.11 bits per heavy atom. The summed E-state index contributed by atoms with van der Waals surface area (Å²) in [4.78, 5) is 22.5. The van der Waals surface area contributed by atoms with Gasteiger partial charge in [0.15, 0.2) is 5.65 Å². The highest BCUT2D eigenvalue weighted by atomic mass is 32.1. The van der Waals surface area contributed by atoms with E-state index in [0.29, 0.717) is 28.2 Å². The van der Waals surface area contributed by atoms with Gasteiger partial charge in [0.2, 0.25) is 5.43 Å². The van der Waals surface area contributed by atoms with Gasteiger partial charge in [0, 0.05) is 6.20 Å². The molecule has 0 spiro atoms. The van der Waals surface area contributed by atoms with Crippen LogP contribution in [0.5, 0.6) is 0 Å². The number of nitriles is 1. The topological polar surface area (TPSA) is 83.1 Å². The Morgan fingerprint density at radius 3 is 2.79 bits per heavy atom. The molecular formula is C21H13N5OS. The van der Waals surface area contributed by atoms with Crippen LogP contribution in [0, 0.1) is 11.3 Å². The number of aromatic nitrogens is 3. The molecule has 4 aromatic heterocycles. The molecule has 28 heavy (non-hydrogen) atoms. The number of benzene rings is 1. The zero-order valence-electron chi connectivity index (χ0n) is 14.6. The molecule has 0 amide bonds. The van der Waals surface area contributed by atoms with E-state index in [2.05, 4.69) is 16.4 Å². The first kappa shape index (κ1) is 16.4. The molecule has 5 rings (SSSR count). The van der Waals surface area contributed by atoms with Gasteiger partial charge >= 0.3 is 0 Å². The average Bonchev–Trinajstić information content (AvgIpc) is 3.12. The van der Waals surface area contributed by atoms with Crippen LogP contribution in [-0.2, 0) is 6.54 Å². The maximum Gasteiger partial charge on any atom is 0.210 e. The van der Waals surface area contributed by atoms with Crippen LogP contribution in [0.15, 0.2) is 65.6 Å². The molecule has 5 aromatic rings. The minimum atomic E-state index is -0.284. The molecule has 1 aromatic carbocycles. The highest BCUT2D eigenvalue weighted by Crippen LogP contribution is 2.30. The summed E-state index contributed by atoms with van der Waals surface area (Å²) in [6.45, 7) is 0.526. The number of nitrogens with zero attached hydrogens (tertiary/aromatic N) is 4. The smallest absolute Gasteiger partial charge is 0.210 e. The van der Waals surface area contributed by atoms with E-state index in [9.17, 15) is 10.1 Å². The molecule has 134 valence electrons. The summed E-state index contributed by atoms with van der Waals surface area (Å²) in [6, 6.07) is 19.1. The van der Waals surface area contributed by atoms with E-state index >= 15 is 0 Å². The molecule has 0 atom stereocenters. The molecule has 0 aliphatic rings. The Morgan fingerprint density at radius 2 is 1.96 bits per heavy atom. The van der Waals surface area contributed by atoms with E-state index in [-0.39, 0.29) is 11.0 Å². The van der Waals surface area contributed by atoms with Crippen molar-refractivity contribution in [3.8, 4) is 6.07 Å². The van der Waals surface area contributed by atoms with Gasteiger partial charge in [0.1, 0.15) is 22.3 Å². The van der Waals surface area contributed by atoms with Crippen LogP contribution in [0.2, 0.25) is 0 Å². The Kier molecular flexibility index (Phi) is 3.78. The minimum absolute atomic E-state index is 0.157. The van der Waals surface area contributed by atoms with E-state index in [1.54, 1.807) is 18.3 Å². The van der Waals surface area contributed by atoms with Gasteiger partial charge in [0.25, 0.3) is 0 Å². The molecule has 6 nitrogen and oxygen atoms in total. The zero-order valence-corrected chi connectivity index (χ0v) is 15.4. The van der Waals surface area contributed by atoms with Crippen molar-refractivity contribution in [1.29, 1.82) is 5.26 Å². The second-order valence-electron chi connectivity index (χ2n) is 6.27. The van der Waals surface area contributed by atoms with Crippen LogP contribution in [0.25, 0.3) is 26.1 Å². The van der Waals surface area contributed by atoms with E-state index in [1.165, 1.54) is 11.3 Å². The van der Waals surface area contributed by atoms with Crippen LogP contribution in [-0.4, -0.2) is 14.4 Å². The number of thiazole rings is 1. The normalized spacial score (nSPS) is 11.1. The van der Waals surface area contributed by atoms with Gasteiger partial charge in [-0.25, -0.2) is 4.98 Å². The summed E-state index contributed by atoms with van der Waals surface area (Å²) in [6.07, 6.45) is 1.74. The Bertz CT molecular complexity index is 1450. The van der Waals surface area contributed by atoms with Crippen molar-refractivity contribution in [2.75, 3.05) is 5.32 Å². The molecule has 0 aliphatic heterocycles. The number of nitrogens with one attached hydrogen (secondary N) is 1. The second kappa shape index (κ2) is 6.44. The van der Waals surface area contributed by atoms with Crippen molar-refractivity contribution in [2.45, 2.75) is 6.54 Å². The first-order valence-corrected chi connectivity index (χ1v) is 9.49. The van der Waals surface area contributed by atoms with E-state index in [4.69, 9.17) is 4.98 Å². The van der Waals surface area contributed by atoms with E-state index in [0.717, 1.165) is 15.9 Å². The Labute approximate surface area is 163 Å². The highest BCUT2D eigenvalue weighted by Gasteiger charge is 2.17. The van der Waals surface area contributed by atoms with Crippen LogP contribution < -0.4 is 10.7 Å². The quantitative estimate of drug-likeness (QED) is 0.510. The minimum Gasteiger partial charge on any atom is -0.364 e. The highest BCUT2D eigenvalue weighted by molar-refractivity contribution is 7.24. The first-order chi connectivity index (χ1) is 13.8. The number of pyridine rings is 3. The third-order valence-corrected chi connectivity index (χ3v) is 5.72. The SMILES string of the molecule is N#Cc1c(=O)c2ccc(NCc3ccccn3)nc2n2c1sc1ccccc12.